The first kappa shape index (κ1) is 12.5. The van der Waals surface area contributed by atoms with Gasteiger partial charge in [0.2, 0.25) is 0 Å². The third-order valence-electron chi connectivity index (χ3n) is 2.69. The SMILES string of the molecule is CCOC(=O)CC(C)NC1CCN(C)C1. The second-order valence-corrected chi connectivity index (χ2v) is 4.32. The number of hydrogen-bond donors (Lipinski definition) is 1. The molecule has 4 nitrogen and oxygen atoms in total. The van der Waals surface area contributed by atoms with E-state index in [-0.39, 0.29) is 12.0 Å². The zero-order valence-electron chi connectivity index (χ0n) is 9.95. The van der Waals surface area contributed by atoms with E-state index in [2.05, 4.69) is 17.3 Å². The first-order valence-electron chi connectivity index (χ1n) is 5.72. The number of hydrogen-bond acceptors (Lipinski definition) is 4. The lowest BCUT2D eigenvalue weighted by Crippen LogP contribution is -2.39. The van der Waals surface area contributed by atoms with E-state index < -0.39 is 0 Å². The highest BCUT2D eigenvalue weighted by Crippen LogP contribution is 2.08. The molecule has 2 unspecified atom stereocenters. The fraction of sp³-hybridized carbons (Fsp3) is 0.909. The summed E-state index contributed by atoms with van der Waals surface area (Å²) in [5.41, 5.74) is 0. The minimum atomic E-state index is -0.108. The number of esters is 1. The molecule has 2 atom stereocenters. The minimum absolute atomic E-state index is 0.108. The van der Waals surface area contributed by atoms with Crippen molar-refractivity contribution in [1.29, 1.82) is 0 Å². The Kier molecular flexibility index (Phi) is 5.05. The van der Waals surface area contributed by atoms with E-state index in [0.29, 0.717) is 19.1 Å². The Morgan fingerprint density at radius 3 is 2.93 bits per heavy atom. The van der Waals surface area contributed by atoms with E-state index in [1.807, 2.05) is 13.8 Å². The molecule has 0 aliphatic carbocycles. The van der Waals surface area contributed by atoms with Crippen LogP contribution in [0.3, 0.4) is 0 Å². The van der Waals surface area contributed by atoms with E-state index in [1.54, 1.807) is 0 Å². The maximum atomic E-state index is 11.2. The molecule has 0 spiro atoms. The molecule has 4 heteroatoms. The highest BCUT2D eigenvalue weighted by Gasteiger charge is 2.21. The maximum absolute atomic E-state index is 11.2. The Hall–Kier alpha value is -0.610. The number of carbonyl (C=O) groups excluding carboxylic acids is 1. The van der Waals surface area contributed by atoms with Gasteiger partial charge >= 0.3 is 5.97 Å². The van der Waals surface area contributed by atoms with Crippen LogP contribution in [-0.2, 0) is 9.53 Å². The van der Waals surface area contributed by atoms with Crippen molar-refractivity contribution in [1.82, 2.24) is 10.2 Å². The van der Waals surface area contributed by atoms with Gasteiger partial charge in [-0.1, -0.05) is 0 Å². The molecule has 0 amide bonds. The van der Waals surface area contributed by atoms with Gasteiger partial charge in [0.15, 0.2) is 0 Å². The summed E-state index contributed by atoms with van der Waals surface area (Å²) in [6, 6.07) is 0.736. The zero-order valence-corrected chi connectivity index (χ0v) is 9.95. The molecule has 0 radical (unpaired) electrons. The number of rotatable bonds is 5. The molecular formula is C11H22N2O2. The highest BCUT2D eigenvalue weighted by molar-refractivity contribution is 5.70. The monoisotopic (exact) mass is 214 g/mol. The lowest BCUT2D eigenvalue weighted by molar-refractivity contribution is -0.143. The molecule has 1 rings (SSSR count). The van der Waals surface area contributed by atoms with E-state index in [0.717, 1.165) is 13.1 Å². The van der Waals surface area contributed by atoms with Crippen LogP contribution in [0, 0.1) is 0 Å². The summed E-state index contributed by atoms with van der Waals surface area (Å²) in [7, 11) is 2.12. The summed E-state index contributed by atoms with van der Waals surface area (Å²) in [4.78, 5) is 13.5. The Morgan fingerprint density at radius 1 is 1.67 bits per heavy atom. The molecule has 1 aliphatic heterocycles. The highest BCUT2D eigenvalue weighted by atomic mass is 16.5. The minimum Gasteiger partial charge on any atom is -0.466 e. The Labute approximate surface area is 92.0 Å². The molecule has 1 aliphatic rings. The fourth-order valence-electron chi connectivity index (χ4n) is 2.00. The van der Waals surface area contributed by atoms with Gasteiger partial charge in [-0.05, 0) is 33.9 Å². The Morgan fingerprint density at radius 2 is 2.40 bits per heavy atom. The molecule has 1 fully saturated rings. The first-order valence-corrected chi connectivity index (χ1v) is 5.72. The number of nitrogens with zero attached hydrogens (tertiary/aromatic N) is 1. The van der Waals surface area contributed by atoms with Crippen molar-refractivity contribution < 1.29 is 9.53 Å². The van der Waals surface area contributed by atoms with Crippen LogP contribution >= 0.6 is 0 Å². The van der Waals surface area contributed by atoms with Crippen molar-refractivity contribution in [3.63, 3.8) is 0 Å². The van der Waals surface area contributed by atoms with Crippen molar-refractivity contribution >= 4 is 5.97 Å². The van der Waals surface area contributed by atoms with Gasteiger partial charge in [0, 0.05) is 18.6 Å². The number of likely N-dealkylation sites (tertiary alicyclic amines) is 1. The Balaban J connectivity index is 2.18. The summed E-state index contributed by atoms with van der Waals surface area (Å²) in [6.45, 7) is 6.56. The van der Waals surface area contributed by atoms with Crippen molar-refractivity contribution in [2.45, 2.75) is 38.8 Å². The van der Waals surface area contributed by atoms with Gasteiger partial charge in [-0.3, -0.25) is 4.79 Å². The second kappa shape index (κ2) is 6.08. The number of nitrogens with one attached hydrogen (secondary N) is 1. The molecule has 0 bridgehead atoms. The van der Waals surface area contributed by atoms with Crippen LogP contribution in [0.15, 0.2) is 0 Å². The van der Waals surface area contributed by atoms with Crippen molar-refractivity contribution in [2.75, 3.05) is 26.7 Å². The average Bonchev–Trinajstić information content (AvgIpc) is 2.51. The molecule has 88 valence electrons. The second-order valence-electron chi connectivity index (χ2n) is 4.32. The average molecular weight is 214 g/mol. The lowest BCUT2D eigenvalue weighted by atomic mass is 10.2. The zero-order chi connectivity index (χ0) is 11.3. The van der Waals surface area contributed by atoms with Crippen LogP contribution in [-0.4, -0.2) is 49.7 Å². The van der Waals surface area contributed by atoms with Crippen molar-refractivity contribution in [3.05, 3.63) is 0 Å². The molecule has 15 heavy (non-hydrogen) atoms. The van der Waals surface area contributed by atoms with Crippen molar-refractivity contribution in [2.24, 2.45) is 0 Å². The van der Waals surface area contributed by atoms with Gasteiger partial charge in [-0.2, -0.15) is 0 Å². The molecule has 1 heterocycles. The molecule has 0 aromatic heterocycles. The van der Waals surface area contributed by atoms with Crippen LogP contribution in [0.4, 0.5) is 0 Å². The van der Waals surface area contributed by atoms with E-state index in [1.165, 1.54) is 6.42 Å². The summed E-state index contributed by atoms with van der Waals surface area (Å²) < 4.78 is 4.91. The third kappa shape index (κ3) is 4.62. The van der Waals surface area contributed by atoms with Gasteiger partial charge in [0.05, 0.1) is 13.0 Å². The predicted molar refractivity (Wildman–Crippen MR) is 59.7 cm³/mol. The predicted octanol–water partition coefficient (Wildman–Crippen LogP) is 0.622. The molecular weight excluding hydrogens is 192 g/mol. The number of carbonyl (C=O) groups is 1. The molecule has 0 aromatic carbocycles. The van der Waals surface area contributed by atoms with Gasteiger partial charge in [-0.25, -0.2) is 0 Å². The molecule has 1 N–H and O–H groups in total. The van der Waals surface area contributed by atoms with E-state index in [9.17, 15) is 4.79 Å². The molecule has 0 saturated carbocycles. The van der Waals surface area contributed by atoms with Crippen LogP contribution in [0.25, 0.3) is 0 Å². The van der Waals surface area contributed by atoms with Crippen molar-refractivity contribution in [3.8, 4) is 0 Å². The number of likely N-dealkylation sites (N-methyl/N-ethyl adjacent to an activating group) is 1. The van der Waals surface area contributed by atoms with Gasteiger partial charge in [0.25, 0.3) is 0 Å². The summed E-state index contributed by atoms with van der Waals surface area (Å²) in [5, 5.41) is 3.46. The largest absolute Gasteiger partial charge is 0.466 e. The number of ether oxygens (including phenoxy) is 1. The quantitative estimate of drug-likeness (QED) is 0.681. The van der Waals surface area contributed by atoms with Crippen LogP contribution in [0.2, 0.25) is 0 Å². The van der Waals surface area contributed by atoms with Gasteiger partial charge in [0.1, 0.15) is 0 Å². The maximum Gasteiger partial charge on any atom is 0.307 e. The molecule has 1 saturated heterocycles. The third-order valence-corrected chi connectivity index (χ3v) is 2.69. The normalized spacial score (nSPS) is 24.1. The van der Waals surface area contributed by atoms with E-state index >= 15 is 0 Å². The summed E-state index contributed by atoms with van der Waals surface area (Å²) in [5.74, 6) is -0.108. The fourth-order valence-corrected chi connectivity index (χ4v) is 2.00. The standard InChI is InChI=1S/C11H22N2O2/c1-4-15-11(14)7-9(2)12-10-5-6-13(3)8-10/h9-10,12H,4-8H2,1-3H3. The summed E-state index contributed by atoms with van der Waals surface area (Å²) >= 11 is 0. The van der Waals surface area contributed by atoms with Crippen LogP contribution in [0.1, 0.15) is 26.7 Å². The Bertz CT molecular complexity index is 209. The van der Waals surface area contributed by atoms with E-state index in [4.69, 9.17) is 4.74 Å². The summed E-state index contributed by atoms with van der Waals surface area (Å²) in [6.07, 6.45) is 1.64. The molecule has 0 aromatic rings. The smallest absolute Gasteiger partial charge is 0.307 e. The lowest BCUT2D eigenvalue weighted by Gasteiger charge is -2.18. The first-order chi connectivity index (χ1) is 7.11. The van der Waals surface area contributed by atoms with Crippen LogP contribution in [0.5, 0.6) is 0 Å². The van der Waals surface area contributed by atoms with Crippen LogP contribution < -0.4 is 5.32 Å². The van der Waals surface area contributed by atoms with Gasteiger partial charge in [-0.15, -0.1) is 0 Å². The topological polar surface area (TPSA) is 41.6 Å². The van der Waals surface area contributed by atoms with Gasteiger partial charge < -0.3 is 15.0 Å².